The van der Waals surface area contributed by atoms with Gasteiger partial charge in [0.05, 0.1) is 7.11 Å². The summed E-state index contributed by atoms with van der Waals surface area (Å²) in [6.07, 6.45) is -0.582. The first-order chi connectivity index (χ1) is 10.6. The van der Waals surface area contributed by atoms with Gasteiger partial charge >= 0.3 is 0 Å². The molecule has 0 aromatic heterocycles. The number of ether oxygens (including phenoxy) is 2. The first-order valence-electron chi connectivity index (χ1n) is 7.01. The minimum atomic E-state index is -0.582. The first kappa shape index (κ1) is 15.7. The van der Waals surface area contributed by atoms with E-state index in [-0.39, 0.29) is 5.91 Å². The van der Waals surface area contributed by atoms with Crippen molar-refractivity contribution >= 4 is 11.6 Å². The van der Waals surface area contributed by atoms with Crippen LogP contribution in [0.25, 0.3) is 0 Å². The molecule has 2 aromatic carbocycles. The molecule has 1 atom stereocenters. The van der Waals surface area contributed by atoms with Crippen molar-refractivity contribution in [2.45, 2.75) is 19.6 Å². The third-order valence-electron chi connectivity index (χ3n) is 3.19. The van der Waals surface area contributed by atoms with Crippen LogP contribution in [0.4, 0.5) is 5.69 Å². The maximum absolute atomic E-state index is 12.0. The quantitative estimate of drug-likeness (QED) is 0.803. The van der Waals surface area contributed by atoms with Crippen LogP contribution in [0.2, 0.25) is 0 Å². The summed E-state index contributed by atoms with van der Waals surface area (Å²) in [5, 5.41) is 2.84. The third-order valence-corrected chi connectivity index (χ3v) is 3.19. The number of amides is 1. The molecule has 3 N–H and O–H groups in total. The maximum atomic E-state index is 12.0. The van der Waals surface area contributed by atoms with Gasteiger partial charge in [0.2, 0.25) is 0 Å². The number of hydrogen-bond acceptors (Lipinski definition) is 4. The van der Waals surface area contributed by atoms with Gasteiger partial charge in [-0.15, -0.1) is 0 Å². The van der Waals surface area contributed by atoms with Crippen LogP contribution in [-0.2, 0) is 11.3 Å². The smallest absolute Gasteiger partial charge is 0.261 e. The highest BCUT2D eigenvalue weighted by Crippen LogP contribution is 2.15. The highest BCUT2D eigenvalue weighted by molar-refractivity contribution is 5.80. The molecule has 2 aromatic rings. The summed E-state index contributed by atoms with van der Waals surface area (Å²) in [6.45, 7) is 2.15. The van der Waals surface area contributed by atoms with Crippen LogP contribution in [0.1, 0.15) is 12.5 Å². The summed E-state index contributed by atoms with van der Waals surface area (Å²) >= 11 is 0. The standard InChI is InChI=1S/C17H20N2O3/c1-12(22-16-9-5-14(18)6-10-16)17(20)19-11-13-3-7-15(21-2)8-4-13/h3-10,12H,11,18H2,1-2H3,(H,19,20). The van der Waals surface area contributed by atoms with Crippen molar-refractivity contribution in [2.24, 2.45) is 0 Å². The number of hydrogen-bond donors (Lipinski definition) is 2. The summed E-state index contributed by atoms with van der Waals surface area (Å²) in [6, 6.07) is 14.5. The second-order valence-electron chi connectivity index (χ2n) is 4.89. The Bertz CT molecular complexity index is 609. The lowest BCUT2D eigenvalue weighted by Gasteiger charge is -2.15. The van der Waals surface area contributed by atoms with Crippen LogP contribution in [0.5, 0.6) is 11.5 Å². The lowest BCUT2D eigenvalue weighted by Crippen LogP contribution is -2.35. The Morgan fingerprint density at radius 2 is 1.68 bits per heavy atom. The predicted molar refractivity (Wildman–Crippen MR) is 85.8 cm³/mol. The third kappa shape index (κ3) is 4.41. The Balaban J connectivity index is 1.84. The monoisotopic (exact) mass is 300 g/mol. The highest BCUT2D eigenvalue weighted by atomic mass is 16.5. The number of anilines is 1. The molecule has 116 valence electrons. The number of nitrogen functional groups attached to an aromatic ring is 1. The van der Waals surface area contributed by atoms with Gasteiger partial charge in [-0.3, -0.25) is 4.79 Å². The molecule has 0 radical (unpaired) electrons. The van der Waals surface area contributed by atoms with E-state index in [1.54, 1.807) is 38.3 Å². The van der Waals surface area contributed by atoms with Crippen LogP contribution in [0.3, 0.4) is 0 Å². The number of nitrogens with one attached hydrogen (secondary N) is 1. The number of carbonyl (C=O) groups excluding carboxylic acids is 1. The van der Waals surface area contributed by atoms with Gasteiger partial charge in [-0.05, 0) is 48.9 Å². The Hall–Kier alpha value is -2.69. The molecule has 0 aliphatic rings. The molecule has 1 amide bonds. The SMILES string of the molecule is COc1ccc(CNC(=O)C(C)Oc2ccc(N)cc2)cc1. The van der Waals surface area contributed by atoms with Gasteiger partial charge in [-0.1, -0.05) is 12.1 Å². The van der Waals surface area contributed by atoms with E-state index in [0.717, 1.165) is 11.3 Å². The summed E-state index contributed by atoms with van der Waals surface area (Å²) in [5.74, 6) is 1.23. The van der Waals surface area contributed by atoms with E-state index in [4.69, 9.17) is 15.2 Å². The fourth-order valence-corrected chi connectivity index (χ4v) is 1.88. The number of methoxy groups -OCH3 is 1. The Morgan fingerprint density at radius 3 is 2.27 bits per heavy atom. The zero-order chi connectivity index (χ0) is 15.9. The number of nitrogens with two attached hydrogens (primary N) is 1. The number of rotatable bonds is 6. The van der Waals surface area contributed by atoms with E-state index in [0.29, 0.717) is 18.0 Å². The van der Waals surface area contributed by atoms with Crippen LogP contribution >= 0.6 is 0 Å². The van der Waals surface area contributed by atoms with Crippen LogP contribution in [0, 0.1) is 0 Å². The van der Waals surface area contributed by atoms with Gasteiger partial charge < -0.3 is 20.5 Å². The molecule has 0 heterocycles. The normalized spacial score (nSPS) is 11.5. The molecule has 0 aliphatic heterocycles. The average Bonchev–Trinajstić information content (AvgIpc) is 2.55. The van der Waals surface area contributed by atoms with Crippen molar-refractivity contribution in [3.63, 3.8) is 0 Å². The van der Waals surface area contributed by atoms with Crippen molar-refractivity contribution in [2.75, 3.05) is 12.8 Å². The predicted octanol–water partition coefficient (Wildman–Crippen LogP) is 2.36. The molecule has 1 unspecified atom stereocenters. The van der Waals surface area contributed by atoms with Crippen LogP contribution in [0.15, 0.2) is 48.5 Å². The van der Waals surface area contributed by atoms with E-state index in [9.17, 15) is 4.79 Å². The molecule has 0 aliphatic carbocycles. The topological polar surface area (TPSA) is 73.6 Å². The molecule has 22 heavy (non-hydrogen) atoms. The van der Waals surface area contributed by atoms with Crippen molar-refractivity contribution in [3.8, 4) is 11.5 Å². The van der Waals surface area contributed by atoms with Gasteiger partial charge in [0, 0.05) is 12.2 Å². The van der Waals surface area contributed by atoms with Crippen molar-refractivity contribution in [1.82, 2.24) is 5.32 Å². The van der Waals surface area contributed by atoms with Gasteiger partial charge in [-0.25, -0.2) is 0 Å². The Morgan fingerprint density at radius 1 is 1.09 bits per heavy atom. The maximum Gasteiger partial charge on any atom is 0.261 e. The summed E-state index contributed by atoms with van der Waals surface area (Å²) in [5.41, 5.74) is 7.26. The zero-order valence-corrected chi connectivity index (χ0v) is 12.7. The van der Waals surface area contributed by atoms with E-state index < -0.39 is 6.10 Å². The Labute approximate surface area is 130 Å². The van der Waals surface area contributed by atoms with E-state index in [1.165, 1.54) is 0 Å². The average molecular weight is 300 g/mol. The van der Waals surface area contributed by atoms with E-state index in [1.807, 2.05) is 24.3 Å². The molecule has 5 heteroatoms. The number of benzene rings is 2. The highest BCUT2D eigenvalue weighted by Gasteiger charge is 2.14. The molecular formula is C17H20N2O3. The summed E-state index contributed by atoms with van der Waals surface area (Å²) in [7, 11) is 1.62. The van der Waals surface area contributed by atoms with E-state index in [2.05, 4.69) is 5.32 Å². The number of carbonyl (C=O) groups is 1. The zero-order valence-electron chi connectivity index (χ0n) is 12.7. The molecule has 0 spiro atoms. The van der Waals surface area contributed by atoms with Crippen LogP contribution in [-0.4, -0.2) is 19.1 Å². The minimum Gasteiger partial charge on any atom is -0.497 e. The van der Waals surface area contributed by atoms with Crippen molar-refractivity contribution < 1.29 is 14.3 Å². The lowest BCUT2D eigenvalue weighted by atomic mass is 10.2. The van der Waals surface area contributed by atoms with Gasteiger partial charge in [0.1, 0.15) is 11.5 Å². The summed E-state index contributed by atoms with van der Waals surface area (Å²) in [4.78, 5) is 12.0. The molecule has 0 bridgehead atoms. The fraction of sp³-hybridized carbons (Fsp3) is 0.235. The largest absolute Gasteiger partial charge is 0.497 e. The first-order valence-corrected chi connectivity index (χ1v) is 7.01. The van der Waals surface area contributed by atoms with Gasteiger partial charge in [0.25, 0.3) is 5.91 Å². The molecule has 0 saturated carbocycles. The van der Waals surface area contributed by atoms with Gasteiger partial charge in [-0.2, -0.15) is 0 Å². The van der Waals surface area contributed by atoms with E-state index >= 15 is 0 Å². The van der Waals surface area contributed by atoms with Crippen molar-refractivity contribution in [1.29, 1.82) is 0 Å². The second-order valence-corrected chi connectivity index (χ2v) is 4.89. The second kappa shape index (κ2) is 7.36. The molecule has 0 fully saturated rings. The molecule has 2 rings (SSSR count). The lowest BCUT2D eigenvalue weighted by molar-refractivity contribution is -0.127. The minimum absolute atomic E-state index is 0.173. The molecular weight excluding hydrogens is 280 g/mol. The summed E-state index contributed by atoms with van der Waals surface area (Å²) < 4.78 is 10.7. The molecule has 5 nitrogen and oxygen atoms in total. The van der Waals surface area contributed by atoms with Crippen LogP contribution < -0.4 is 20.5 Å². The fourth-order valence-electron chi connectivity index (χ4n) is 1.88. The Kier molecular flexibility index (Phi) is 5.25. The van der Waals surface area contributed by atoms with Gasteiger partial charge in [0.15, 0.2) is 6.10 Å². The van der Waals surface area contributed by atoms with Crippen molar-refractivity contribution in [3.05, 3.63) is 54.1 Å². The molecule has 0 saturated heterocycles.